The van der Waals surface area contributed by atoms with Crippen molar-refractivity contribution < 1.29 is 4.74 Å². The smallest absolute Gasteiger partial charge is 0.154 e. The highest BCUT2D eigenvalue weighted by Crippen LogP contribution is 2.30. The first-order chi connectivity index (χ1) is 9.83. The average molecular weight is 278 g/mol. The third-order valence-corrected chi connectivity index (χ3v) is 4.57. The van der Waals surface area contributed by atoms with Crippen molar-refractivity contribution in [3.8, 4) is 0 Å². The average Bonchev–Trinajstić information content (AvgIpc) is 2.88. The Morgan fingerprint density at radius 1 is 1.15 bits per heavy atom. The second kappa shape index (κ2) is 6.68. The summed E-state index contributed by atoms with van der Waals surface area (Å²) in [7, 11) is 1.99. The lowest BCUT2D eigenvalue weighted by Gasteiger charge is -2.22. The van der Waals surface area contributed by atoms with Crippen molar-refractivity contribution in [1.29, 1.82) is 0 Å². The van der Waals surface area contributed by atoms with Crippen LogP contribution in [0.15, 0.2) is 0 Å². The standard InChI is InChI=1S/C15H26N4O/c1-19-14(11-20-13-7-9-16-10-8-13)17-15(18-19)12-5-3-2-4-6-12/h12-13,16H,2-11H2,1H3. The van der Waals surface area contributed by atoms with Crippen molar-refractivity contribution in [2.45, 2.75) is 63.6 Å². The number of piperidine rings is 1. The molecule has 5 nitrogen and oxygen atoms in total. The van der Waals surface area contributed by atoms with Crippen LogP contribution in [0.5, 0.6) is 0 Å². The van der Waals surface area contributed by atoms with Crippen LogP contribution in [0.25, 0.3) is 0 Å². The maximum absolute atomic E-state index is 5.99. The molecular weight excluding hydrogens is 252 g/mol. The minimum absolute atomic E-state index is 0.381. The lowest BCUT2D eigenvalue weighted by Crippen LogP contribution is -2.32. The van der Waals surface area contributed by atoms with Gasteiger partial charge in [0.15, 0.2) is 11.6 Å². The summed E-state index contributed by atoms with van der Waals surface area (Å²) in [5.74, 6) is 2.59. The Morgan fingerprint density at radius 2 is 1.90 bits per heavy atom. The molecule has 3 rings (SSSR count). The molecule has 0 atom stereocenters. The van der Waals surface area contributed by atoms with E-state index in [0.29, 0.717) is 18.6 Å². The summed E-state index contributed by atoms with van der Waals surface area (Å²) in [5.41, 5.74) is 0. The third kappa shape index (κ3) is 3.38. The highest BCUT2D eigenvalue weighted by atomic mass is 16.5. The number of aryl methyl sites for hydroxylation is 1. The molecule has 0 unspecified atom stereocenters. The Hall–Kier alpha value is -0.940. The van der Waals surface area contributed by atoms with E-state index in [0.717, 1.165) is 37.6 Å². The molecule has 0 radical (unpaired) electrons. The zero-order chi connectivity index (χ0) is 13.8. The molecule has 1 aliphatic heterocycles. The van der Waals surface area contributed by atoms with E-state index < -0.39 is 0 Å². The molecule has 20 heavy (non-hydrogen) atoms. The van der Waals surface area contributed by atoms with Crippen molar-refractivity contribution >= 4 is 0 Å². The Balaban J connectivity index is 1.57. The Kier molecular flexibility index (Phi) is 4.68. The number of ether oxygens (including phenoxy) is 1. The van der Waals surface area contributed by atoms with E-state index in [1.807, 2.05) is 11.7 Å². The van der Waals surface area contributed by atoms with Gasteiger partial charge in [-0.1, -0.05) is 19.3 Å². The quantitative estimate of drug-likeness (QED) is 0.916. The molecule has 0 aromatic carbocycles. The van der Waals surface area contributed by atoms with Gasteiger partial charge in [0.25, 0.3) is 0 Å². The van der Waals surface area contributed by atoms with Gasteiger partial charge < -0.3 is 10.1 Å². The number of hydrogen-bond donors (Lipinski definition) is 1. The number of nitrogens with one attached hydrogen (secondary N) is 1. The Bertz CT molecular complexity index is 420. The molecule has 2 fully saturated rings. The van der Waals surface area contributed by atoms with E-state index in [-0.39, 0.29) is 0 Å². The van der Waals surface area contributed by atoms with Crippen LogP contribution < -0.4 is 5.32 Å². The molecule has 0 amide bonds. The summed E-state index contributed by atoms with van der Waals surface area (Å²) in [5, 5.41) is 7.97. The monoisotopic (exact) mass is 278 g/mol. The zero-order valence-corrected chi connectivity index (χ0v) is 12.5. The number of nitrogens with zero attached hydrogens (tertiary/aromatic N) is 3. The second-order valence-corrected chi connectivity index (χ2v) is 6.11. The molecule has 112 valence electrons. The summed E-state index contributed by atoms with van der Waals surface area (Å²) in [4.78, 5) is 4.73. The van der Waals surface area contributed by atoms with Gasteiger partial charge in [-0.2, -0.15) is 5.10 Å². The third-order valence-electron chi connectivity index (χ3n) is 4.57. The molecular formula is C15H26N4O. The van der Waals surface area contributed by atoms with Crippen LogP contribution in [0.1, 0.15) is 62.5 Å². The maximum Gasteiger partial charge on any atom is 0.154 e. The van der Waals surface area contributed by atoms with Gasteiger partial charge in [-0.25, -0.2) is 4.98 Å². The minimum atomic E-state index is 0.381. The number of hydrogen-bond acceptors (Lipinski definition) is 4. The fourth-order valence-corrected chi connectivity index (χ4v) is 3.25. The zero-order valence-electron chi connectivity index (χ0n) is 12.5. The Morgan fingerprint density at radius 3 is 2.65 bits per heavy atom. The second-order valence-electron chi connectivity index (χ2n) is 6.11. The van der Waals surface area contributed by atoms with E-state index in [1.54, 1.807) is 0 Å². The van der Waals surface area contributed by atoms with Gasteiger partial charge in [0.1, 0.15) is 6.61 Å². The van der Waals surface area contributed by atoms with Crippen molar-refractivity contribution in [2.24, 2.45) is 7.05 Å². The van der Waals surface area contributed by atoms with Crippen LogP contribution in [0.2, 0.25) is 0 Å². The van der Waals surface area contributed by atoms with Crippen LogP contribution in [0.3, 0.4) is 0 Å². The summed E-state index contributed by atoms with van der Waals surface area (Å²) in [6.45, 7) is 2.73. The highest BCUT2D eigenvalue weighted by molar-refractivity contribution is 5.00. The maximum atomic E-state index is 5.99. The predicted octanol–water partition coefficient (Wildman–Crippen LogP) is 2.13. The molecule has 1 aromatic heterocycles. The molecule has 0 bridgehead atoms. The molecule has 1 aromatic rings. The summed E-state index contributed by atoms with van der Waals surface area (Å²) >= 11 is 0. The van der Waals surface area contributed by atoms with Crippen molar-refractivity contribution in [1.82, 2.24) is 20.1 Å². The van der Waals surface area contributed by atoms with E-state index in [9.17, 15) is 0 Å². The number of rotatable bonds is 4. The SMILES string of the molecule is Cn1nc(C2CCCCC2)nc1COC1CCNCC1. The lowest BCUT2D eigenvalue weighted by molar-refractivity contribution is 0.0164. The van der Waals surface area contributed by atoms with Gasteiger partial charge in [-0.15, -0.1) is 0 Å². The van der Waals surface area contributed by atoms with Gasteiger partial charge in [0.05, 0.1) is 6.10 Å². The first-order valence-corrected chi connectivity index (χ1v) is 8.05. The van der Waals surface area contributed by atoms with Crippen molar-refractivity contribution in [2.75, 3.05) is 13.1 Å². The first-order valence-electron chi connectivity index (χ1n) is 8.05. The normalized spacial score (nSPS) is 22.2. The van der Waals surface area contributed by atoms with E-state index >= 15 is 0 Å². The van der Waals surface area contributed by atoms with E-state index in [2.05, 4.69) is 10.4 Å². The first kappa shape index (κ1) is 14.0. The molecule has 2 aliphatic rings. The fraction of sp³-hybridized carbons (Fsp3) is 0.867. The van der Waals surface area contributed by atoms with Gasteiger partial charge in [0.2, 0.25) is 0 Å². The van der Waals surface area contributed by atoms with Crippen LogP contribution in [-0.4, -0.2) is 34.0 Å². The summed E-state index contributed by atoms with van der Waals surface area (Å²) in [6.07, 6.45) is 9.10. The molecule has 1 saturated carbocycles. The van der Waals surface area contributed by atoms with Gasteiger partial charge in [-0.3, -0.25) is 4.68 Å². The van der Waals surface area contributed by atoms with Crippen molar-refractivity contribution in [3.63, 3.8) is 0 Å². The topological polar surface area (TPSA) is 52.0 Å². The van der Waals surface area contributed by atoms with Gasteiger partial charge in [0, 0.05) is 13.0 Å². The minimum Gasteiger partial charge on any atom is -0.370 e. The van der Waals surface area contributed by atoms with E-state index in [1.165, 1.54) is 32.1 Å². The highest BCUT2D eigenvalue weighted by Gasteiger charge is 2.21. The molecule has 1 aliphatic carbocycles. The molecule has 2 heterocycles. The predicted molar refractivity (Wildman–Crippen MR) is 77.5 cm³/mol. The molecule has 1 N–H and O–H groups in total. The summed E-state index contributed by atoms with van der Waals surface area (Å²) < 4.78 is 7.89. The molecule has 5 heteroatoms. The fourth-order valence-electron chi connectivity index (χ4n) is 3.25. The van der Waals surface area contributed by atoms with Crippen LogP contribution >= 0.6 is 0 Å². The molecule has 1 saturated heterocycles. The summed E-state index contributed by atoms with van der Waals surface area (Å²) in [6, 6.07) is 0. The van der Waals surface area contributed by atoms with Gasteiger partial charge in [-0.05, 0) is 38.8 Å². The van der Waals surface area contributed by atoms with Crippen LogP contribution in [-0.2, 0) is 18.4 Å². The van der Waals surface area contributed by atoms with Crippen LogP contribution in [0, 0.1) is 0 Å². The number of aromatic nitrogens is 3. The lowest BCUT2D eigenvalue weighted by atomic mass is 9.89. The van der Waals surface area contributed by atoms with Crippen LogP contribution in [0.4, 0.5) is 0 Å². The van der Waals surface area contributed by atoms with E-state index in [4.69, 9.17) is 9.72 Å². The molecule has 0 spiro atoms. The van der Waals surface area contributed by atoms with Gasteiger partial charge >= 0.3 is 0 Å². The largest absolute Gasteiger partial charge is 0.370 e. The van der Waals surface area contributed by atoms with Crippen molar-refractivity contribution in [3.05, 3.63) is 11.6 Å². The Labute approximate surface area is 121 Å².